The van der Waals surface area contributed by atoms with Crippen LogP contribution in [0.25, 0.3) is 0 Å². The number of anilines is 1. The molecule has 0 saturated heterocycles. The lowest BCUT2D eigenvalue weighted by molar-refractivity contribution is -0.384. The van der Waals surface area contributed by atoms with E-state index in [1.165, 1.54) is 18.6 Å². The number of nitro groups is 1. The molecule has 6 nitrogen and oxygen atoms in total. The van der Waals surface area contributed by atoms with Crippen molar-refractivity contribution in [3.8, 4) is 0 Å². The minimum Gasteiger partial charge on any atom is -0.478 e. The van der Waals surface area contributed by atoms with E-state index >= 15 is 0 Å². The number of carboxylic acids is 1. The maximum absolute atomic E-state index is 11.0. The monoisotopic (exact) mass is 264 g/mol. The largest absolute Gasteiger partial charge is 0.478 e. The normalized spacial score (nSPS) is 16.5. The Morgan fingerprint density at radius 1 is 1.53 bits per heavy atom. The molecule has 102 valence electrons. The van der Waals surface area contributed by atoms with Crippen LogP contribution in [0.15, 0.2) is 18.2 Å². The van der Waals surface area contributed by atoms with E-state index < -0.39 is 10.9 Å². The highest BCUT2D eigenvalue weighted by atomic mass is 16.6. The molecule has 1 aromatic carbocycles. The van der Waals surface area contributed by atoms with Gasteiger partial charge >= 0.3 is 5.97 Å². The van der Waals surface area contributed by atoms with Crippen LogP contribution >= 0.6 is 0 Å². The second-order valence-electron chi connectivity index (χ2n) is 5.31. The maximum Gasteiger partial charge on any atom is 0.335 e. The van der Waals surface area contributed by atoms with Crippen molar-refractivity contribution in [2.24, 2.45) is 5.41 Å². The van der Waals surface area contributed by atoms with E-state index in [1.807, 2.05) is 0 Å². The van der Waals surface area contributed by atoms with Gasteiger partial charge in [-0.2, -0.15) is 0 Å². The molecule has 0 heterocycles. The first-order valence-electron chi connectivity index (χ1n) is 6.17. The molecule has 1 aromatic rings. The van der Waals surface area contributed by atoms with E-state index in [9.17, 15) is 14.9 Å². The highest BCUT2D eigenvalue weighted by Crippen LogP contribution is 2.40. The van der Waals surface area contributed by atoms with E-state index in [1.54, 1.807) is 0 Å². The highest BCUT2D eigenvalue weighted by Gasteiger charge is 2.32. The van der Waals surface area contributed by atoms with Crippen molar-refractivity contribution in [1.82, 2.24) is 0 Å². The van der Waals surface area contributed by atoms with E-state index in [-0.39, 0.29) is 16.7 Å². The molecule has 0 aromatic heterocycles. The van der Waals surface area contributed by atoms with Gasteiger partial charge in [-0.05, 0) is 30.4 Å². The van der Waals surface area contributed by atoms with Gasteiger partial charge < -0.3 is 10.4 Å². The summed E-state index contributed by atoms with van der Waals surface area (Å²) in [7, 11) is 0. The van der Waals surface area contributed by atoms with Gasteiger partial charge in [0.25, 0.3) is 5.69 Å². The fourth-order valence-electron chi connectivity index (χ4n) is 2.23. The van der Waals surface area contributed by atoms with Crippen LogP contribution < -0.4 is 5.32 Å². The molecule has 1 fully saturated rings. The predicted octanol–water partition coefficient (Wildman–Crippen LogP) is 2.90. The van der Waals surface area contributed by atoms with Gasteiger partial charge in [0.05, 0.1) is 10.5 Å². The molecular weight excluding hydrogens is 248 g/mol. The van der Waals surface area contributed by atoms with Gasteiger partial charge in [0.15, 0.2) is 0 Å². The molecule has 1 aliphatic rings. The van der Waals surface area contributed by atoms with Crippen LogP contribution in [-0.2, 0) is 0 Å². The summed E-state index contributed by atoms with van der Waals surface area (Å²) < 4.78 is 0. The zero-order valence-electron chi connectivity index (χ0n) is 10.7. The fourth-order valence-corrected chi connectivity index (χ4v) is 2.23. The summed E-state index contributed by atoms with van der Waals surface area (Å²) in [6.07, 6.45) is 3.42. The Hall–Kier alpha value is -2.11. The highest BCUT2D eigenvalue weighted by molar-refractivity contribution is 5.89. The van der Waals surface area contributed by atoms with Crippen molar-refractivity contribution < 1.29 is 14.8 Å². The third-order valence-corrected chi connectivity index (χ3v) is 3.71. The number of aromatic carboxylic acids is 1. The summed E-state index contributed by atoms with van der Waals surface area (Å²) >= 11 is 0. The van der Waals surface area contributed by atoms with Gasteiger partial charge in [0, 0.05) is 12.6 Å². The number of nitrogens with zero attached hydrogens (tertiary/aromatic N) is 1. The number of carbonyl (C=O) groups is 1. The minimum atomic E-state index is -1.17. The van der Waals surface area contributed by atoms with E-state index in [2.05, 4.69) is 12.2 Å². The van der Waals surface area contributed by atoms with Crippen molar-refractivity contribution >= 4 is 17.3 Å². The van der Waals surface area contributed by atoms with Crippen LogP contribution in [0, 0.1) is 15.5 Å². The molecule has 0 aliphatic heterocycles. The van der Waals surface area contributed by atoms with Gasteiger partial charge in [-0.15, -0.1) is 0 Å². The molecule has 6 heteroatoms. The van der Waals surface area contributed by atoms with Crippen LogP contribution in [0.3, 0.4) is 0 Å². The number of carboxylic acid groups (broad SMARTS) is 1. The smallest absolute Gasteiger partial charge is 0.335 e. The number of hydrogen-bond acceptors (Lipinski definition) is 4. The van der Waals surface area contributed by atoms with Gasteiger partial charge in [0.2, 0.25) is 0 Å². The van der Waals surface area contributed by atoms with Crippen LogP contribution in [0.1, 0.15) is 36.5 Å². The molecule has 1 saturated carbocycles. The van der Waals surface area contributed by atoms with E-state index in [4.69, 9.17) is 5.11 Å². The first-order chi connectivity index (χ1) is 8.91. The molecule has 2 rings (SSSR count). The van der Waals surface area contributed by atoms with Gasteiger partial charge in [-0.25, -0.2) is 4.79 Å². The van der Waals surface area contributed by atoms with Crippen LogP contribution in [0.5, 0.6) is 0 Å². The van der Waals surface area contributed by atoms with Crippen molar-refractivity contribution in [2.45, 2.75) is 26.2 Å². The Labute approximate surface area is 110 Å². The lowest BCUT2D eigenvalue weighted by Crippen LogP contribution is -2.33. The van der Waals surface area contributed by atoms with Gasteiger partial charge in [-0.1, -0.05) is 13.3 Å². The summed E-state index contributed by atoms with van der Waals surface area (Å²) in [6.45, 7) is 2.81. The quantitative estimate of drug-likeness (QED) is 0.630. The molecule has 19 heavy (non-hydrogen) atoms. The van der Waals surface area contributed by atoms with Crippen molar-refractivity contribution in [2.75, 3.05) is 11.9 Å². The lowest BCUT2D eigenvalue weighted by atomic mass is 9.70. The number of rotatable bonds is 5. The Kier molecular flexibility index (Phi) is 3.42. The maximum atomic E-state index is 11.0. The molecule has 0 amide bonds. The van der Waals surface area contributed by atoms with Crippen molar-refractivity contribution in [3.05, 3.63) is 33.9 Å². The lowest BCUT2D eigenvalue weighted by Gasteiger charge is -2.38. The van der Waals surface area contributed by atoms with Crippen LogP contribution in [0.4, 0.5) is 11.4 Å². The molecule has 0 atom stereocenters. The number of hydrogen-bond donors (Lipinski definition) is 2. The molecule has 0 unspecified atom stereocenters. The summed E-state index contributed by atoms with van der Waals surface area (Å²) in [4.78, 5) is 21.2. The van der Waals surface area contributed by atoms with Crippen LogP contribution in [-0.4, -0.2) is 22.5 Å². The van der Waals surface area contributed by atoms with Crippen molar-refractivity contribution in [1.29, 1.82) is 0 Å². The van der Waals surface area contributed by atoms with E-state index in [0.29, 0.717) is 12.2 Å². The number of nitro benzene ring substituents is 1. The SMILES string of the molecule is CC1(CNc2ccc(C(=O)O)cc2[N+](=O)[O-])CCC1. The molecule has 0 spiro atoms. The Bertz CT molecular complexity index is 523. The van der Waals surface area contributed by atoms with Gasteiger partial charge in [0.1, 0.15) is 5.69 Å². The number of nitrogens with one attached hydrogen (secondary N) is 1. The fraction of sp³-hybridized carbons (Fsp3) is 0.462. The van der Waals surface area contributed by atoms with Crippen molar-refractivity contribution in [3.63, 3.8) is 0 Å². The third-order valence-electron chi connectivity index (χ3n) is 3.71. The summed E-state index contributed by atoms with van der Waals surface area (Å²) in [5.41, 5.74) is 0.303. The minimum absolute atomic E-state index is 0.0768. The Balaban J connectivity index is 2.19. The molecule has 2 N–H and O–H groups in total. The Morgan fingerprint density at radius 2 is 2.21 bits per heavy atom. The Morgan fingerprint density at radius 3 is 2.68 bits per heavy atom. The first-order valence-corrected chi connectivity index (χ1v) is 6.17. The summed E-state index contributed by atoms with van der Waals surface area (Å²) in [5, 5.41) is 22.9. The van der Waals surface area contributed by atoms with E-state index in [0.717, 1.165) is 18.9 Å². The topological polar surface area (TPSA) is 92.5 Å². The molecular formula is C13H16N2O4. The average molecular weight is 264 g/mol. The average Bonchev–Trinajstić information content (AvgIpc) is 2.33. The molecule has 1 aliphatic carbocycles. The summed E-state index contributed by atoms with van der Waals surface area (Å²) in [6, 6.07) is 3.93. The summed E-state index contributed by atoms with van der Waals surface area (Å²) in [5.74, 6) is -1.17. The zero-order valence-corrected chi connectivity index (χ0v) is 10.7. The second-order valence-corrected chi connectivity index (χ2v) is 5.31. The van der Waals surface area contributed by atoms with Crippen LogP contribution in [0.2, 0.25) is 0 Å². The third kappa shape index (κ3) is 2.83. The standard InChI is InChI=1S/C13H16N2O4/c1-13(5-2-6-13)8-14-10-4-3-9(12(16)17)7-11(10)15(18)19/h3-4,7,14H,2,5-6,8H2,1H3,(H,16,17). The zero-order chi connectivity index (χ0) is 14.0. The molecule has 0 radical (unpaired) electrons. The predicted molar refractivity (Wildman–Crippen MR) is 70.5 cm³/mol. The van der Waals surface area contributed by atoms with Gasteiger partial charge in [-0.3, -0.25) is 10.1 Å². The number of benzene rings is 1. The first kappa shape index (κ1) is 13.3. The molecule has 0 bridgehead atoms. The second kappa shape index (κ2) is 4.87.